The molecule has 0 heterocycles. The summed E-state index contributed by atoms with van der Waals surface area (Å²) in [6.45, 7) is 5.22. The lowest BCUT2D eigenvalue weighted by Crippen LogP contribution is -2.50. The molecule has 1 nitrogen and oxygen atoms in total. The molecule has 4 aliphatic carbocycles. The van der Waals surface area contributed by atoms with Crippen LogP contribution in [0, 0.1) is 34.5 Å². The van der Waals surface area contributed by atoms with Crippen molar-refractivity contribution in [2.75, 3.05) is 12.4 Å². The van der Waals surface area contributed by atoms with Crippen molar-refractivity contribution in [2.24, 2.45) is 34.5 Å². The highest BCUT2D eigenvalue weighted by molar-refractivity contribution is 9.09. The zero-order valence-corrected chi connectivity index (χ0v) is 16.7. The molecule has 0 aromatic heterocycles. The molecule has 0 radical (unpaired) electrons. The molecule has 4 aliphatic rings. The van der Waals surface area contributed by atoms with Gasteiger partial charge in [-0.25, -0.2) is 0 Å². The topological polar surface area (TPSA) is 9.23 Å². The summed E-state index contributed by atoms with van der Waals surface area (Å²) in [5.41, 5.74) is 2.83. The fourth-order valence-electron chi connectivity index (χ4n) is 7.19. The molecule has 3 fully saturated rings. The van der Waals surface area contributed by atoms with Crippen molar-refractivity contribution < 1.29 is 4.74 Å². The number of fused-ring (bicyclic) bond motifs is 5. The SMILES string of the molecule is COC1CCC2(C)C(=CCC3C2CCC2(C)C(CBr)CCC32)C1. The van der Waals surface area contributed by atoms with Crippen molar-refractivity contribution >= 4 is 15.9 Å². The van der Waals surface area contributed by atoms with Gasteiger partial charge in [0.15, 0.2) is 0 Å². The second kappa shape index (κ2) is 5.87. The summed E-state index contributed by atoms with van der Waals surface area (Å²) in [6, 6.07) is 0. The van der Waals surface area contributed by atoms with Crippen LogP contribution >= 0.6 is 15.9 Å². The van der Waals surface area contributed by atoms with Gasteiger partial charge in [0, 0.05) is 12.4 Å². The summed E-state index contributed by atoms with van der Waals surface area (Å²) < 4.78 is 5.69. The van der Waals surface area contributed by atoms with Crippen molar-refractivity contribution in [3.63, 3.8) is 0 Å². The van der Waals surface area contributed by atoms with Gasteiger partial charge in [-0.05, 0) is 85.9 Å². The quantitative estimate of drug-likeness (QED) is 0.423. The van der Waals surface area contributed by atoms with Gasteiger partial charge >= 0.3 is 0 Å². The van der Waals surface area contributed by atoms with Crippen LogP contribution in [0.5, 0.6) is 0 Å². The zero-order valence-electron chi connectivity index (χ0n) is 15.1. The van der Waals surface area contributed by atoms with Crippen molar-refractivity contribution in [1.29, 1.82) is 0 Å². The predicted molar refractivity (Wildman–Crippen MR) is 99.8 cm³/mol. The van der Waals surface area contributed by atoms with Gasteiger partial charge in [-0.15, -0.1) is 0 Å². The van der Waals surface area contributed by atoms with Crippen LogP contribution in [-0.4, -0.2) is 18.5 Å². The minimum absolute atomic E-state index is 0.476. The highest BCUT2D eigenvalue weighted by atomic mass is 79.9. The first-order chi connectivity index (χ1) is 11.0. The summed E-state index contributed by atoms with van der Waals surface area (Å²) >= 11 is 3.82. The Hall–Kier alpha value is 0.180. The Labute approximate surface area is 150 Å². The maximum atomic E-state index is 5.69. The van der Waals surface area contributed by atoms with Crippen molar-refractivity contribution in [1.82, 2.24) is 0 Å². The molecule has 0 N–H and O–H groups in total. The molecule has 2 heteroatoms. The van der Waals surface area contributed by atoms with Crippen LogP contribution in [0.4, 0.5) is 0 Å². The molecule has 7 atom stereocenters. The lowest BCUT2D eigenvalue weighted by molar-refractivity contribution is -0.0504. The summed E-state index contributed by atoms with van der Waals surface area (Å²) in [5.74, 6) is 3.77. The average Bonchev–Trinajstić information content (AvgIpc) is 2.90. The van der Waals surface area contributed by atoms with Gasteiger partial charge in [-0.1, -0.05) is 41.4 Å². The Balaban J connectivity index is 1.63. The van der Waals surface area contributed by atoms with Crippen molar-refractivity contribution in [3.8, 4) is 0 Å². The van der Waals surface area contributed by atoms with E-state index in [9.17, 15) is 0 Å². The number of rotatable bonds is 2. The first kappa shape index (κ1) is 16.6. The van der Waals surface area contributed by atoms with Gasteiger partial charge in [0.1, 0.15) is 0 Å². The molecule has 7 unspecified atom stereocenters. The molecule has 130 valence electrons. The predicted octanol–water partition coefficient (Wildman–Crippen LogP) is 5.98. The third kappa shape index (κ3) is 2.34. The second-order valence-electron chi connectivity index (χ2n) is 9.33. The first-order valence-electron chi connectivity index (χ1n) is 9.81. The highest BCUT2D eigenvalue weighted by Crippen LogP contribution is 2.66. The number of alkyl halides is 1. The second-order valence-corrected chi connectivity index (χ2v) is 9.98. The molecule has 0 aromatic rings. The highest BCUT2D eigenvalue weighted by Gasteiger charge is 2.58. The molecular weight excluding hydrogens is 348 g/mol. The fraction of sp³-hybridized carbons (Fsp3) is 0.905. The smallest absolute Gasteiger partial charge is 0.0608 e. The van der Waals surface area contributed by atoms with E-state index in [2.05, 4.69) is 35.9 Å². The normalized spacial score (nSPS) is 52.3. The molecule has 0 aromatic carbocycles. The van der Waals surface area contributed by atoms with Crippen LogP contribution < -0.4 is 0 Å². The van der Waals surface area contributed by atoms with E-state index < -0.39 is 0 Å². The van der Waals surface area contributed by atoms with E-state index in [1.165, 1.54) is 56.7 Å². The van der Waals surface area contributed by atoms with E-state index in [-0.39, 0.29) is 0 Å². The molecule has 23 heavy (non-hydrogen) atoms. The van der Waals surface area contributed by atoms with Crippen LogP contribution in [0.15, 0.2) is 11.6 Å². The van der Waals surface area contributed by atoms with Crippen LogP contribution in [0.1, 0.15) is 65.2 Å². The zero-order chi connectivity index (χ0) is 16.2. The van der Waals surface area contributed by atoms with Crippen LogP contribution in [-0.2, 0) is 4.74 Å². The van der Waals surface area contributed by atoms with Gasteiger partial charge in [0.25, 0.3) is 0 Å². The van der Waals surface area contributed by atoms with Crippen molar-refractivity contribution in [2.45, 2.75) is 71.3 Å². The van der Waals surface area contributed by atoms with Crippen molar-refractivity contribution in [3.05, 3.63) is 11.6 Å². The van der Waals surface area contributed by atoms with Gasteiger partial charge in [0.05, 0.1) is 6.10 Å². The van der Waals surface area contributed by atoms with E-state index in [0.717, 1.165) is 23.7 Å². The molecule has 0 saturated heterocycles. The van der Waals surface area contributed by atoms with E-state index in [1.807, 2.05) is 7.11 Å². The van der Waals surface area contributed by atoms with Crippen LogP contribution in [0.25, 0.3) is 0 Å². The van der Waals surface area contributed by atoms with Crippen LogP contribution in [0.3, 0.4) is 0 Å². The fourth-order valence-corrected chi connectivity index (χ4v) is 8.25. The molecule has 0 amide bonds. The van der Waals surface area contributed by atoms with Gasteiger partial charge in [0.2, 0.25) is 0 Å². The summed E-state index contributed by atoms with van der Waals surface area (Å²) in [4.78, 5) is 0. The van der Waals surface area contributed by atoms with E-state index in [4.69, 9.17) is 4.74 Å². The molecule has 4 rings (SSSR count). The number of ether oxygens (including phenoxy) is 1. The number of allylic oxidation sites excluding steroid dienone is 1. The molecular formula is C21H33BrO. The summed E-state index contributed by atoms with van der Waals surface area (Å²) in [6.07, 6.45) is 14.1. The third-order valence-electron chi connectivity index (χ3n) is 8.77. The average molecular weight is 381 g/mol. The number of hydrogen-bond donors (Lipinski definition) is 0. The first-order valence-corrected chi connectivity index (χ1v) is 10.9. The monoisotopic (exact) mass is 380 g/mol. The molecule has 0 aliphatic heterocycles. The third-order valence-corrected chi connectivity index (χ3v) is 9.56. The number of methoxy groups -OCH3 is 1. The molecule has 0 bridgehead atoms. The number of hydrogen-bond acceptors (Lipinski definition) is 1. The van der Waals surface area contributed by atoms with Gasteiger partial charge in [-0.3, -0.25) is 0 Å². The van der Waals surface area contributed by atoms with E-state index in [0.29, 0.717) is 16.9 Å². The van der Waals surface area contributed by atoms with Gasteiger partial charge < -0.3 is 4.74 Å². The maximum absolute atomic E-state index is 5.69. The molecule has 3 saturated carbocycles. The Bertz CT molecular complexity index is 500. The Morgan fingerprint density at radius 1 is 1.13 bits per heavy atom. The Morgan fingerprint density at radius 2 is 1.96 bits per heavy atom. The summed E-state index contributed by atoms with van der Waals surface area (Å²) in [7, 11) is 1.89. The van der Waals surface area contributed by atoms with Crippen LogP contribution in [0.2, 0.25) is 0 Å². The standard InChI is InChI=1S/C21H33BrO/c1-20-10-8-16(23-3)12-14(20)4-6-17-18-7-5-15(13-22)21(18,2)11-9-19(17)20/h4,15-19H,5-13H2,1-3H3. The van der Waals surface area contributed by atoms with E-state index >= 15 is 0 Å². The van der Waals surface area contributed by atoms with E-state index in [1.54, 1.807) is 5.57 Å². The lowest BCUT2D eigenvalue weighted by Gasteiger charge is -2.58. The van der Waals surface area contributed by atoms with Gasteiger partial charge in [-0.2, -0.15) is 0 Å². The maximum Gasteiger partial charge on any atom is 0.0608 e. The lowest BCUT2D eigenvalue weighted by atomic mass is 9.47. The minimum atomic E-state index is 0.476. The minimum Gasteiger partial charge on any atom is -0.381 e. The Morgan fingerprint density at radius 3 is 2.70 bits per heavy atom. The number of halogens is 1. The largest absolute Gasteiger partial charge is 0.381 e. The molecule has 0 spiro atoms. The Kier molecular flexibility index (Phi) is 4.24. The summed E-state index contributed by atoms with van der Waals surface area (Å²) in [5, 5.41) is 1.21.